The molecule has 0 aliphatic carbocycles. The molecule has 0 bridgehead atoms. The number of aryl methyl sites for hydroxylation is 2. The predicted molar refractivity (Wildman–Crippen MR) is 153 cm³/mol. The zero-order valence-electron chi connectivity index (χ0n) is 22.5. The maximum absolute atomic E-state index is 3.83. The standard InChI is InChI=1S/C31H37N.C2H6/c1-8-9-21-30(4,5)23-31(6,7)26-11-10-12-29(22-26)32(27-17-13-24(2)14-18-27)28-19-15-25(3)16-20-28;1-2/h8-22H,1,23H2,2-7H3;1-2H3/b21-9+;. The lowest BCUT2D eigenvalue weighted by Crippen LogP contribution is -2.26. The molecule has 3 aromatic carbocycles. The Hall–Kier alpha value is -3.06. The molecule has 0 atom stereocenters. The highest BCUT2D eigenvalue weighted by Crippen LogP contribution is 2.41. The lowest BCUT2D eigenvalue weighted by Gasteiger charge is -2.35. The minimum Gasteiger partial charge on any atom is -0.310 e. The van der Waals surface area contributed by atoms with Gasteiger partial charge >= 0.3 is 0 Å². The summed E-state index contributed by atoms with van der Waals surface area (Å²) < 4.78 is 0. The van der Waals surface area contributed by atoms with Crippen molar-refractivity contribution >= 4 is 17.1 Å². The lowest BCUT2D eigenvalue weighted by atomic mass is 9.71. The van der Waals surface area contributed by atoms with Crippen LogP contribution in [-0.4, -0.2) is 0 Å². The average Bonchev–Trinajstić information content (AvgIpc) is 2.81. The zero-order chi connectivity index (χ0) is 25.4. The summed E-state index contributed by atoms with van der Waals surface area (Å²) in [7, 11) is 0. The van der Waals surface area contributed by atoms with E-state index in [0.29, 0.717) is 0 Å². The number of allylic oxidation sites excluding steroid dienone is 3. The highest BCUT2D eigenvalue weighted by Gasteiger charge is 2.29. The molecule has 0 fully saturated rings. The summed E-state index contributed by atoms with van der Waals surface area (Å²) in [5, 5.41) is 0. The van der Waals surface area contributed by atoms with Crippen molar-refractivity contribution in [3.63, 3.8) is 0 Å². The minimum absolute atomic E-state index is 0.0250. The van der Waals surface area contributed by atoms with Crippen LogP contribution in [0.3, 0.4) is 0 Å². The van der Waals surface area contributed by atoms with Crippen molar-refractivity contribution in [3.8, 4) is 0 Å². The molecule has 3 rings (SSSR count). The van der Waals surface area contributed by atoms with E-state index in [0.717, 1.165) is 6.42 Å². The molecule has 0 aromatic heterocycles. The SMILES string of the molecule is C=C/C=C/C(C)(C)CC(C)(C)c1cccc(N(c2ccc(C)cc2)c2ccc(C)cc2)c1.CC. The Morgan fingerprint density at radius 1 is 0.735 bits per heavy atom. The molecule has 0 saturated heterocycles. The highest BCUT2D eigenvalue weighted by atomic mass is 15.1. The van der Waals surface area contributed by atoms with Crippen molar-refractivity contribution in [1.29, 1.82) is 0 Å². The molecule has 0 aliphatic rings. The Morgan fingerprint density at radius 3 is 1.71 bits per heavy atom. The molecule has 180 valence electrons. The molecular weight excluding hydrogens is 410 g/mol. The number of anilines is 3. The Bertz CT molecular complexity index is 1020. The maximum Gasteiger partial charge on any atom is 0.0464 e. The fourth-order valence-corrected chi connectivity index (χ4v) is 4.53. The molecule has 1 nitrogen and oxygen atoms in total. The Balaban J connectivity index is 0.00000199. The highest BCUT2D eigenvalue weighted by molar-refractivity contribution is 5.77. The summed E-state index contributed by atoms with van der Waals surface area (Å²) in [4.78, 5) is 2.35. The van der Waals surface area contributed by atoms with Gasteiger partial charge in [-0.2, -0.15) is 0 Å². The first-order chi connectivity index (χ1) is 16.1. The van der Waals surface area contributed by atoms with Crippen LogP contribution in [0.2, 0.25) is 0 Å². The second-order valence-corrected chi connectivity index (χ2v) is 10.2. The van der Waals surface area contributed by atoms with Crippen LogP contribution in [0.15, 0.2) is 97.6 Å². The van der Waals surface area contributed by atoms with Crippen molar-refractivity contribution in [2.75, 3.05) is 4.90 Å². The van der Waals surface area contributed by atoms with Crippen LogP contribution < -0.4 is 4.90 Å². The monoisotopic (exact) mass is 453 g/mol. The van der Waals surface area contributed by atoms with Gasteiger partial charge in [-0.3, -0.25) is 0 Å². The van der Waals surface area contributed by atoms with Crippen LogP contribution in [-0.2, 0) is 5.41 Å². The van der Waals surface area contributed by atoms with Crippen LogP contribution in [0.4, 0.5) is 17.1 Å². The van der Waals surface area contributed by atoms with E-state index in [4.69, 9.17) is 0 Å². The second-order valence-electron chi connectivity index (χ2n) is 10.2. The van der Waals surface area contributed by atoms with Crippen molar-refractivity contribution < 1.29 is 0 Å². The van der Waals surface area contributed by atoms with E-state index >= 15 is 0 Å². The Kier molecular flexibility index (Phi) is 9.50. The normalized spacial score (nSPS) is 11.6. The number of benzene rings is 3. The van der Waals surface area contributed by atoms with Gasteiger partial charge in [0.05, 0.1) is 0 Å². The summed E-state index contributed by atoms with van der Waals surface area (Å²) in [6.07, 6.45) is 7.22. The van der Waals surface area contributed by atoms with Crippen molar-refractivity contribution in [3.05, 3.63) is 114 Å². The molecular formula is C33H43N. The third-order valence-electron chi connectivity index (χ3n) is 6.05. The molecule has 0 N–H and O–H groups in total. The van der Waals surface area contributed by atoms with Gasteiger partial charge in [0.25, 0.3) is 0 Å². The van der Waals surface area contributed by atoms with E-state index in [1.54, 1.807) is 0 Å². The van der Waals surface area contributed by atoms with Crippen LogP contribution >= 0.6 is 0 Å². The fourth-order valence-electron chi connectivity index (χ4n) is 4.53. The molecule has 0 aliphatic heterocycles. The van der Waals surface area contributed by atoms with Gasteiger partial charge in [-0.25, -0.2) is 0 Å². The average molecular weight is 454 g/mol. The van der Waals surface area contributed by atoms with Gasteiger partial charge in [0.2, 0.25) is 0 Å². The van der Waals surface area contributed by atoms with Crippen molar-refractivity contribution in [2.45, 2.75) is 67.2 Å². The van der Waals surface area contributed by atoms with Crippen LogP contribution in [0, 0.1) is 19.3 Å². The van der Waals surface area contributed by atoms with Gasteiger partial charge in [0.1, 0.15) is 0 Å². The van der Waals surface area contributed by atoms with Gasteiger partial charge in [0, 0.05) is 17.1 Å². The maximum atomic E-state index is 3.83. The fraction of sp³-hybridized carbons (Fsp3) is 0.333. The van der Waals surface area contributed by atoms with Gasteiger partial charge in [-0.1, -0.05) is 114 Å². The molecule has 0 radical (unpaired) electrons. The molecule has 0 saturated carbocycles. The molecule has 0 spiro atoms. The number of hydrogen-bond donors (Lipinski definition) is 0. The quantitative estimate of drug-likeness (QED) is 0.307. The van der Waals surface area contributed by atoms with E-state index in [-0.39, 0.29) is 10.8 Å². The first-order valence-corrected chi connectivity index (χ1v) is 12.5. The van der Waals surface area contributed by atoms with E-state index < -0.39 is 0 Å². The Morgan fingerprint density at radius 2 is 1.24 bits per heavy atom. The van der Waals surface area contributed by atoms with Crippen LogP contribution in [0.1, 0.15) is 64.7 Å². The third-order valence-corrected chi connectivity index (χ3v) is 6.05. The van der Waals surface area contributed by atoms with Crippen molar-refractivity contribution in [2.24, 2.45) is 5.41 Å². The Labute approximate surface area is 208 Å². The van der Waals surface area contributed by atoms with Crippen molar-refractivity contribution in [1.82, 2.24) is 0 Å². The summed E-state index contributed by atoms with van der Waals surface area (Å²) in [5.41, 5.74) is 7.51. The molecule has 0 amide bonds. The van der Waals surface area contributed by atoms with E-state index in [2.05, 4.69) is 138 Å². The molecule has 3 aromatic rings. The first kappa shape index (κ1) is 27.2. The first-order valence-electron chi connectivity index (χ1n) is 12.5. The van der Waals surface area contributed by atoms with E-state index in [9.17, 15) is 0 Å². The molecule has 1 heteroatoms. The summed E-state index contributed by atoms with van der Waals surface area (Å²) >= 11 is 0. The number of nitrogens with zero attached hydrogens (tertiary/aromatic N) is 1. The molecule has 34 heavy (non-hydrogen) atoms. The third kappa shape index (κ3) is 7.22. The van der Waals surface area contributed by atoms with Gasteiger partial charge in [-0.15, -0.1) is 0 Å². The minimum atomic E-state index is 0.0250. The smallest absolute Gasteiger partial charge is 0.0464 e. The molecule has 0 heterocycles. The zero-order valence-corrected chi connectivity index (χ0v) is 22.5. The topological polar surface area (TPSA) is 3.24 Å². The summed E-state index contributed by atoms with van der Waals surface area (Å²) in [6, 6.07) is 26.6. The number of rotatable bonds is 8. The largest absolute Gasteiger partial charge is 0.310 e. The van der Waals surface area contributed by atoms with E-state index in [1.165, 1.54) is 33.8 Å². The van der Waals surface area contributed by atoms with Gasteiger partial charge in [-0.05, 0) is 73.1 Å². The summed E-state index contributed by atoms with van der Waals surface area (Å²) in [6.45, 7) is 21.4. The second kappa shape index (κ2) is 11.9. The summed E-state index contributed by atoms with van der Waals surface area (Å²) in [5.74, 6) is 0. The predicted octanol–water partition coefficient (Wildman–Crippen LogP) is 10.2. The number of hydrogen-bond acceptors (Lipinski definition) is 1. The lowest BCUT2D eigenvalue weighted by molar-refractivity contribution is 0.321. The van der Waals surface area contributed by atoms with Gasteiger partial charge in [0.15, 0.2) is 0 Å². The van der Waals surface area contributed by atoms with Gasteiger partial charge < -0.3 is 4.90 Å². The van der Waals surface area contributed by atoms with Crippen LogP contribution in [0.5, 0.6) is 0 Å². The van der Waals surface area contributed by atoms with E-state index in [1.807, 2.05) is 19.9 Å². The molecule has 0 unspecified atom stereocenters. The van der Waals surface area contributed by atoms with Crippen LogP contribution in [0.25, 0.3) is 0 Å².